The third kappa shape index (κ3) is 2.41. The van der Waals surface area contributed by atoms with Crippen molar-refractivity contribution >= 4 is 28.7 Å². The van der Waals surface area contributed by atoms with E-state index in [1.807, 2.05) is 18.2 Å². The number of para-hydroxylation sites is 1. The van der Waals surface area contributed by atoms with E-state index in [-0.39, 0.29) is 48.5 Å². The number of fused-ring (bicyclic) bond motifs is 1. The molecule has 1 aromatic carbocycles. The van der Waals surface area contributed by atoms with Gasteiger partial charge >= 0.3 is 5.97 Å². The molecule has 6 heteroatoms. The van der Waals surface area contributed by atoms with Crippen molar-refractivity contribution in [1.29, 1.82) is 0 Å². The average Bonchev–Trinajstić information content (AvgIpc) is 3.52. The highest BCUT2D eigenvalue weighted by molar-refractivity contribution is 6.06. The maximum Gasteiger partial charge on any atom is 0.313 e. The minimum absolute atomic E-state index is 0.0181. The summed E-state index contributed by atoms with van der Waals surface area (Å²) in [6, 6.07) is 9.12. The van der Waals surface area contributed by atoms with Crippen LogP contribution in [-0.2, 0) is 14.4 Å². The summed E-state index contributed by atoms with van der Waals surface area (Å²) in [4.78, 5) is 43.9. The molecule has 3 fully saturated rings. The number of nitrogens with zero attached hydrogens (tertiary/aromatic N) is 2. The number of ether oxygens (including phenoxy) is 1. The van der Waals surface area contributed by atoms with Crippen LogP contribution in [0.15, 0.2) is 48.7 Å². The summed E-state index contributed by atoms with van der Waals surface area (Å²) in [5, 5.41) is 0.883. The minimum Gasteiger partial charge on any atom is -0.424 e. The van der Waals surface area contributed by atoms with Gasteiger partial charge in [-0.25, -0.2) is 0 Å². The topological polar surface area (TPSA) is 76.6 Å². The van der Waals surface area contributed by atoms with Crippen molar-refractivity contribution in [3.05, 3.63) is 48.7 Å². The molecule has 0 N–H and O–H groups in total. The number of hydrogen-bond acceptors (Lipinski definition) is 5. The van der Waals surface area contributed by atoms with Crippen LogP contribution in [0.2, 0.25) is 0 Å². The molecule has 6 atom stereocenters. The lowest BCUT2D eigenvalue weighted by atomic mass is 9.63. The highest BCUT2D eigenvalue weighted by Gasteiger charge is 2.66. The van der Waals surface area contributed by atoms with E-state index in [1.54, 1.807) is 18.3 Å². The molecule has 29 heavy (non-hydrogen) atoms. The number of hydrogen-bond donors (Lipinski definition) is 0. The Labute approximate surface area is 167 Å². The Hall–Kier alpha value is -3.02. The molecule has 7 rings (SSSR count). The average molecular weight is 388 g/mol. The number of allylic oxidation sites excluding steroid dienone is 2. The second-order valence-electron chi connectivity index (χ2n) is 8.54. The standard InChI is InChI=1S/C23H20N2O4/c26-18(29-17-5-1-3-12-4-2-9-24-21(12)17)8-10-25-22(27)19-13-6-7-14(16-11-15(13)16)20(19)23(25)28/h1-7,9,13-16,19-20H,8,10-11H2/t13-,14+,15+,16-,19-,20+. The van der Waals surface area contributed by atoms with Crippen molar-refractivity contribution in [3.63, 3.8) is 0 Å². The Morgan fingerprint density at radius 3 is 2.45 bits per heavy atom. The van der Waals surface area contributed by atoms with Crippen LogP contribution in [0.25, 0.3) is 10.9 Å². The number of rotatable bonds is 4. The molecule has 2 amide bonds. The van der Waals surface area contributed by atoms with Crippen molar-refractivity contribution in [2.45, 2.75) is 12.8 Å². The van der Waals surface area contributed by atoms with Crippen LogP contribution in [0.5, 0.6) is 5.75 Å². The van der Waals surface area contributed by atoms with Gasteiger partial charge in [0.05, 0.1) is 18.3 Å². The molecule has 1 aliphatic heterocycles. The van der Waals surface area contributed by atoms with Crippen LogP contribution >= 0.6 is 0 Å². The molecule has 6 nitrogen and oxygen atoms in total. The highest BCUT2D eigenvalue weighted by atomic mass is 16.5. The zero-order chi connectivity index (χ0) is 19.7. The lowest BCUT2D eigenvalue weighted by Gasteiger charge is -2.37. The van der Waals surface area contributed by atoms with Crippen molar-refractivity contribution in [1.82, 2.24) is 9.88 Å². The van der Waals surface area contributed by atoms with Gasteiger partial charge in [-0.2, -0.15) is 0 Å². The summed E-state index contributed by atoms with van der Waals surface area (Å²) in [7, 11) is 0. The fraction of sp³-hybridized carbons (Fsp3) is 0.391. The van der Waals surface area contributed by atoms with E-state index in [1.165, 1.54) is 4.90 Å². The quantitative estimate of drug-likeness (QED) is 0.348. The Kier molecular flexibility index (Phi) is 3.49. The van der Waals surface area contributed by atoms with Crippen LogP contribution < -0.4 is 4.74 Å². The summed E-state index contributed by atoms with van der Waals surface area (Å²) in [5.74, 6) is 0.812. The number of amides is 2. The predicted octanol–water partition coefficient (Wildman–Crippen LogP) is 2.58. The maximum atomic E-state index is 13.0. The first-order chi connectivity index (χ1) is 14.1. The van der Waals surface area contributed by atoms with Gasteiger partial charge in [-0.3, -0.25) is 24.3 Å². The smallest absolute Gasteiger partial charge is 0.313 e. The SMILES string of the molecule is O=C(CCN1C(=O)[C@@H]2[C@@H]3C=C[C@@H]([C@H]4C[C@@H]34)[C@@H]2C1=O)Oc1cccc2cccnc12. The first kappa shape index (κ1) is 16.9. The Morgan fingerprint density at radius 2 is 1.72 bits per heavy atom. The maximum absolute atomic E-state index is 13.0. The number of carbonyl (C=O) groups excluding carboxylic acids is 3. The summed E-state index contributed by atoms with van der Waals surface area (Å²) < 4.78 is 5.49. The van der Waals surface area contributed by atoms with Crippen molar-refractivity contribution in [3.8, 4) is 5.75 Å². The Morgan fingerprint density at radius 1 is 1.03 bits per heavy atom. The van der Waals surface area contributed by atoms with Crippen molar-refractivity contribution in [2.75, 3.05) is 6.54 Å². The second kappa shape index (κ2) is 5.99. The van der Waals surface area contributed by atoms with Gasteiger partial charge in [0.1, 0.15) is 5.52 Å². The molecule has 2 heterocycles. The number of pyridine rings is 1. The third-order valence-electron chi connectivity index (χ3n) is 7.11. The number of likely N-dealkylation sites (tertiary alicyclic amines) is 1. The van der Waals surface area contributed by atoms with Crippen LogP contribution in [0, 0.1) is 35.5 Å². The van der Waals surface area contributed by atoms with E-state index in [9.17, 15) is 14.4 Å². The Bertz CT molecular complexity index is 1050. The molecular formula is C23H20N2O4. The molecule has 2 saturated carbocycles. The number of benzene rings is 1. The van der Waals surface area contributed by atoms with Gasteiger partial charge in [0.15, 0.2) is 5.75 Å². The van der Waals surface area contributed by atoms with Crippen molar-refractivity contribution < 1.29 is 19.1 Å². The van der Waals surface area contributed by atoms with Gasteiger partial charge in [-0.05, 0) is 42.2 Å². The van der Waals surface area contributed by atoms with E-state index in [4.69, 9.17) is 4.74 Å². The fourth-order valence-electron chi connectivity index (χ4n) is 5.77. The summed E-state index contributed by atoms with van der Waals surface area (Å²) in [6.45, 7) is 0.0798. The highest BCUT2D eigenvalue weighted by Crippen LogP contribution is 2.65. The zero-order valence-electron chi connectivity index (χ0n) is 15.7. The van der Waals surface area contributed by atoms with E-state index in [2.05, 4.69) is 17.1 Å². The molecule has 2 aromatic rings. The van der Waals surface area contributed by atoms with Crippen LogP contribution in [0.1, 0.15) is 12.8 Å². The molecule has 1 aromatic heterocycles. The lowest BCUT2D eigenvalue weighted by molar-refractivity contribution is -0.141. The van der Waals surface area contributed by atoms with E-state index in [0.717, 1.165) is 11.8 Å². The third-order valence-corrected chi connectivity index (χ3v) is 7.11. The van der Waals surface area contributed by atoms with Gasteiger partial charge in [0, 0.05) is 18.1 Å². The molecule has 1 saturated heterocycles. The molecular weight excluding hydrogens is 368 g/mol. The summed E-state index contributed by atoms with van der Waals surface area (Å²) >= 11 is 0. The van der Waals surface area contributed by atoms with Gasteiger partial charge in [0.2, 0.25) is 11.8 Å². The molecule has 5 aliphatic rings. The summed E-state index contributed by atoms with van der Waals surface area (Å²) in [6.07, 6.45) is 7.07. The molecule has 0 unspecified atom stereocenters. The molecule has 0 spiro atoms. The van der Waals surface area contributed by atoms with E-state index >= 15 is 0 Å². The van der Waals surface area contributed by atoms with Gasteiger partial charge < -0.3 is 4.74 Å². The molecule has 2 bridgehead atoms. The number of esters is 1. The second-order valence-corrected chi connectivity index (χ2v) is 8.54. The van der Waals surface area contributed by atoms with E-state index in [0.29, 0.717) is 23.1 Å². The Balaban J connectivity index is 1.15. The van der Waals surface area contributed by atoms with Crippen LogP contribution in [-0.4, -0.2) is 34.2 Å². The normalized spacial score (nSPS) is 33.7. The van der Waals surface area contributed by atoms with Crippen LogP contribution in [0.4, 0.5) is 0 Å². The lowest BCUT2D eigenvalue weighted by Crippen LogP contribution is -2.40. The minimum atomic E-state index is -0.470. The number of aromatic nitrogens is 1. The monoisotopic (exact) mass is 388 g/mol. The summed E-state index contributed by atoms with van der Waals surface area (Å²) in [5.41, 5.74) is 0.615. The van der Waals surface area contributed by atoms with Gasteiger partial charge in [-0.1, -0.05) is 30.4 Å². The molecule has 0 radical (unpaired) electrons. The first-order valence-electron chi connectivity index (χ1n) is 10.2. The first-order valence-corrected chi connectivity index (χ1v) is 10.2. The van der Waals surface area contributed by atoms with Crippen molar-refractivity contribution in [2.24, 2.45) is 35.5 Å². The number of carbonyl (C=O) groups is 3. The fourth-order valence-corrected chi connectivity index (χ4v) is 5.77. The van der Waals surface area contributed by atoms with Gasteiger partial charge in [-0.15, -0.1) is 0 Å². The van der Waals surface area contributed by atoms with Crippen LogP contribution in [0.3, 0.4) is 0 Å². The zero-order valence-corrected chi connectivity index (χ0v) is 15.7. The largest absolute Gasteiger partial charge is 0.424 e. The van der Waals surface area contributed by atoms with Gasteiger partial charge in [0.25, 0.3) is 0 Å². The van der Waals surface area contributed by atoms with E-state index < -0.39 is 5.97 Å². The molecule has 146 valence electrons. The number of imide groups is 1. The molecule has 4 aliphatic carbocycles. The predicted molar refractivity (Wildman–Crippen MR) is 103 cm³/mol.